The van der Waals surface area contributed by atoms with Gasteiger partial charge in [-0.1, -0.05) is 13.8 Å². The van der Waals surface area contributed by atoms with E-state index < -0.39 is 6.29 Å². The largest absolute Gasteiger partial charge is 0.436 e. The van der Waals surface area contributed by atoms with E-state index in [4.69, 9.17) is 9.47 Å². The molecule has 1 rings (SSSR count). The standard InChI is InChI=1S/C14H26O3/c1-5-16-11(4)17-14(15)13-8-6-12(7-9-13)10(2)3/h10-13H,5-9H2,1-4H3. The average Bonchev–Trinajstić information content (AvgIpc) is 2.29. The lowest BCUT2D eigenvalue weighted by molar-refractivity contribution is -0.180. The second kappa shape index (κ2) is 7.00. The van der Waals surface area contributed by atoms with Gasteiger partial charge in [0.15, 0.2) is 6.29 Å². The van der Waals surface area contributed by atoms with E-state index in [2.05, 4.69) is 13.8 Å². The molecular weight excluding hydrogens is 216 g/mol. The number of rotatable bonds is 5. The molecule has 1 fully saturated rings. The van der Waals surface area contributed by atoms with Crippen molar-refractivity contribution < 1.29 is 14.3 Å². The molecule has 0 aromatic rings. The summed E-state index contributed by atoms with van der Waals surface area (Å²) in [6.45, 7) is 8.79. The summed E-state index contributed by atoms with van der Waals surface area (Å²) in [6, 6.07) is 0. The maximum absolute atomic E-state index is 11.9. The topological polar surface area (TPSA) is 35.5 Å². The van der Waals surface area contributed by atoms with Crippen molar-refractivity contribution in [3.05, 3.63) is 0 Å². The van der Waals surface area contributed by atoms with Gasteiger partial charge in [-0.3, -0.25) is 4.79 Å². The third kappa shape index (κ3) is 4.66. The van der Waals surface area contributed by atoms with E-state index in [0.29, 0.717) is 6.61 Å². The van der Waals surface area contributed by atoms with Crippen molar-refractivity contribution in [2.75, 3.05) is 6.61 Å². The molecule has 1 unspecified atom stereocenters. The minimum Gasteiger partial charge on any atom is -0.436 e. The van der Waals surface area contributed by atoms with Gasteiger partial charge in [-0.15, -0.1) is 0 Å². The predicted octanol–water partition coefficient (Wildman–Crippen LogP) is 3.37. The smallest absolute Gasteiger partial charge is 0.311 e. The number of ether oxygens (including phenoxy) is 2. The van der Waals surface area contributed by atoms with Crippen molar-refractivity contribution in [2.45, 2.75) is 59.7 Å². The van der Waals surface area contributed by atoms with Gasteiger partial charge in [-0.25, -0.2) is 0 Å². The Kier molecular flexibility index (Phi) is 5.96. The Morgan fingerprint density at radius 2 is 1.76 bits per heavy atom. The number of esters is 1. The van der Waals surface area contributed by atoms with Crippen LogP contribution in [0.3, 0.4) is 0 Å². The van der Waals surface area contributed by atoms with Crippen LogP contribution in [-0.2, 0) is 14.3 Å². The minimum atomic E-state index is -0.407. The molecule has 1 saturated carbocycles. The first-order valence-electron chi connectivity index (χ1n) is 6.86. The van der Waals surface area contributed by atoms with E-state index in [1.807, 2.05) is 6.92 Å². The maximum atomic E-state index is 11.9. The van der Waals surface area contributed by atoms with Gasteiger partial charge < -0.3 is 9.47 Å². The highest BCUT2D eigenvalue weighted by Gasteiger charge is 2.29. The fourth-order valence-corrected chi connectivity index (χ4v) is 2.55. The first-order chi connectivity index (χ1) is 8.04. The number of hydrogen-bond donors (Lipinski definition) is 0. The van der Waals surface area contributed by atoms with E-state index >= 15 is 0 Å². The fraction of sp³-hybridized carbons (Fsp3) is 0.929. The monoisotopic (exact) mass is 242 g/mol. The molecule has 0 aromatic heterocycles. The normalized spacial score (nSPS) is 26.9. The minimum absolute atomic E-state index is 0.0758. The molecule has 1 aliphatic carbocycles. The molecule has 0 amide bonds. The van der Waals surface area contributed by atoms with Gasteiger partial charge >= 0.3 is 5.97 Å². The Morgan fingerprint density at radius 1 is 1.18 bits per heavy atom. The molecule has 0 bridgehead atoms. The Labute approximate surface area is 105 Å². The first-order valence-corrected chi connectivity index (χ1v) is 6.86. The van der Waals surface area contributed by atoms with Gasteiger partial charge in [0.1, 0.15) is 0 Å². The number of carbonyl (C=O) groups excluding carboxylic acids is 1. The van der Waals surface area contributed by atoms with Crippen LogP contribution in [0.1, 0.15) is 53.4 Å². The van der Waals surface area contributed by atoms with Crippen LogP contribution in [0.5, 0.6) is 0 Å². The van der Waals surface area contributed by atoms with Crippen LogP contribution in [-0.4, -0.2) is 18.9 Å². The summed E-state index contributed by atoms with van der Waals surface area (Å²) >= 11 is 0. The van der Waals surface area contributed by atoms with Crippen molar-refractivity contribution in [3.63, 3.8) is 0 Å². The Balaban J connectivity index is 2.30. The summed E-state index contributed by atoms with van der Waals surface area (Å²) < 4.78 is 10.5. The quantitative estimate of drug-likeness (QED) is 0.547. The average molecular weight is 242 g/mol. The molecule has 17 heavy (non-hydrogen) atoms. The summed E-state index contributed by atoms with van der Waals surface area (Å²) in [6.07, 6.45) is 3.84. The summed E-state index contributed by atoms with van der Waals surface area (Å²) in [7, 11) is 0. The summed E-state index contributed by atoms with van der Waals surface area (Å²) in [5.74, 6) is 1.53. The molecule has 0 heterocycles. The van der Waals surface area contributed by atoms with Crippen LogP contribution >= 0.6 is 0 Å². The zero-order valence-electron chi connectivity index (χ0n) is 11.6. The number of hydrogen-bond acceptors (Lipinski definition) is 3. The second-order valence-corrected chi connectivity index (χ2v) is 5.32. The highest BCUT2D eigenvalue weighted by atomic mass is 16.7. The highest BCUT2D eigenvalue weighted by molar-refractivity contribution is 5.72. The van der Waals surface area contributed by atoms with E-state index in [1.165, 1.54) is 0 Å². The molecule has 0 radical (unpaired) electrons. The lowest BCUT2D eigenvalue weighted by atomic mass is 9.77. The Bertz CT molecular complexity index is 230. The molecule has 3 nitrogen and oxygen atoms in total. The molecule has 0 N–H and O–H groups in total. The summed E-state index contributed by atoms with van der Waals surface area (Å²) in [4.78, 5) is 11.9. The lowest BCUT2D eigenvalue weighted by Crippen LogP contribution is -2.28. The highest BCUT2D eigenvalue weighted by Crippen LogP contribution is 2.33. The van der Waals surface area contributed by atoms with E-state index in [1.54, 1.807) is 6.92 Å². The summed E-state index contributed by atoms with van der Waals surface area (Å²) in [5, 5.41) is 0. The van der Waals surface area contributed by atoms with Gasteiger partial charge in [0.25, 0.3) is 0 Å². The molecule has 1 aliphatic rings. The van der Waals surface area contributed by atoms with Crippen LogP contribution in [0.4, 0.5) is 0 Å². The molecule has 0 saturated heterocycles. The van der Waals surface area contributed by atoms with Crippen LogP contribution in [0.2, 0.25) is 0 Å². The van der Waals surface area contributed by atoms with Crippen molar-refractivity contribution in [2.24, 2.45) is 17.8 Å². The lowest BCUT2D eigenvalue weighted by Gasteiger charge is -2.30. The van der Waals surface area contributed by atoms with Crippen molar-refractivity contribution in [1.82, 2.24) is 0 Å². The molecular formula is C14H26O3. The van der Waals surface area contributed by atoms with E-state index in [9.17, 15) is 4.79 Å². The third-order valence-corrected chi connectivity index (χ3v) is 3.73. The van der Waals surface area contributed by atoms with Crippen LogP contribution < -0.4 is 0 Å². The number of carbonyl (C=O) groups is 1. The Morgan fingerprint density at radius 3 is 2.24 bits per heavy atom. The molecule has 0 aromatic carbocycles. The van der Waals surface area contributed by atoms with Crippen molar-refractivity contribution in [3.8, 4) is 0 Å². The Hall–Kier alpha value is -0.570. The fourth-order valence-electron chi connectivity index (χ4n) is 2.55. The zero-order valence-corrected chi connectivity index (χ0v) is 11.6. The molecule has 0 aliphatic heterocycles. The van der Waals surface area contributed by atoms with Crippen LogP contribution in [0.15, 0.2) is 0 Å². The van der Waals surface area contributed by atoms with Gasteiger partial charge in [0.05, 0.1) is 5.92 Å². The summed E-state index contributed by atoms with van der Waals surface area (Å²) in [5.41, 5.74) is 0. The molecule has 1 atom stereocenters. The maximum Gasteiger partial charge on any atom is 0.311 e. The van der Waals surface area contributed by atoms with Gasteiger partial charge in [0, 0.05) is 6.61 Å². The zero-order chi connectivity index (χ0) is 12.8. The van der Waals surface area contributed by atoms with E-state index in [-0.39, 0.29) is 11.9 Å². The van der Waals surface area contributed by atoms with Crippen molar-refractivity contribution in [1.29, 1.82) is 0 Å². The van der Waals surface area contributed by atoms with Crippen molar-refractivity contribution >= 4 is 5.97 Å². The molecule has 100 valence electrons. The van der Waals surface area contributed by atoms with Gasteiger partial charge in [-0.05, 0) is 51.4 Å². The molecule has 0 spiro atoms. The second-order valence-electron chi connectivity index (χ2n) is 5.32. The first kappa shape index (κ1) is 14.5. The van der Waals surface area contributed by atoms with Gasteiger partial charge in [-0.2, -0.15) is 0 Å². The SMILES string of the molecule is CCOC(C)OC(=O)C1CCC(C(C)C)CC1. The van der Waals surface area contributed by atoms with Gasteiger partial charge in [0.2, 0.25) is 0 Å². The van der Waals surface area contributed by atoms with Crippen LogP contribution in [0.25, 0.3) is 0 Å². The predicted molar refractivity (Wildman–Crippen MR) is 67.5 cm³/mol. The molecule has 3 heteroatoms. The third-order valence-electron chi connectivity index (χ3n) is 3.73. The van der Waals surface area contributed by atoms with E-state index in [0.717, 1.165) is 37.5 Å². The van der Waals surface area contributed by atoms with Crippen LogP contribution in [0, 0.1) is 17.8 Å².